The predicted molar refractivity (Wildman–Crippen MR) is 49.6 cm³/mol. The lowest BCUT2D eigenvalue weighted by atomic mass is 10.4. The molecule has 0 aromatic heterocycles. The summed E-state index contributed by atoms with van der Waals surface area (Å²) in [5.41, 5.74) is 0. The molecule has 2 nitrogen and oxygen atoms in total. The minimum atomic E-state index is -0.375. The van der Waals surface area contributed by atoms with Crippen LogP contribution in [0.15, 0.2) is 12.7 Å². The number of allylic oxidation sites excluding steroid dienone is 1. The van der Waals surface area contributed by atoms with Crippen LogP contribution in [-0.4, -0.2) is 19.5 Å². The molecule has 2 heteroatoms. The molecule has 0 aromatic carbocycles. The first-order valence-corrected chi connectivity index (χ1v) is 4.17. The van der Waals surface area contributed by atoms with Crippen LogP contribution in [0.5, 0.6) is 0 Å². The van der Waals surface area contributed by atoms with Crippen molar-refractivity contribution >= 4 is 0 Å². The molecule has 12 heavy (non-hydrogen) atoms. The van der Waals surface area contributed by atoms with Crippen LogP contribution in [0.4, 0.5) is 0 Å². The van der Waals surface area contributed by atoms with E-state index >= 15 is 0 Å². The highest BCUT2D eigenvalue weighted by Gasteiger charge is 2.00. The van der Waals surface area contributed by atoms with Crippen molar-refractivity contribution in [3.05, 3.63) is 12.7 Å². The van der Waals surface area contributed by atoms with Gasteiger partial charge in [-0.1, -0.05) is 12.0 Å². The van der Waals surface area contributed by atoms with Gasteiger partial charge in [0.15, 0.2) is 0 Å². The summed E-state index contributed by atoms with van der Waals surface area (Å²) in [4.78, 5) is 0. The van der Waals surface area contributed by atoms with Crippen LogP contribution in [0.1, 0.15) is 20.3 Å². The molecule has 0 bridgehead atoms. The molecule has 0 amide bonds. The van der Waals surface area contributed by atoms with Gasteiger partial charge in [0.2, 0.25) is 6.29 Å². The van der Waals surface area contributed by atoms with E-state index < -0.39 is 0 Å². The maximum atomic E-state index is 5.20. The van der Waals surface area contributed by atoms with E-state index in [0.717, 1.165) is 0 Å². The standard InChI is InChI=1S/C10H16O2/c1-4-7-8-9-10(11-5-2)12-6-3/h4,10H,1,5-7H2,2-3H3. The van der Waals surface area contributed by atoms with Gasteiger partial charge >= 0.3 is 0 Å². The van der Waals surface area contributed by atoms with Gasteiger partial charge in [-0.2, -0.15) is 0 Å². The van der Waals surface area contributed by atoms with Gasteiger partial charge in [0.1, 0.15) is 0 Å². The summed E-state index contributed by atoms with van der Waals surface area (Å²) in [6.07, 6.45) is 2.05. The van der Waals surface area contributed by atoms with E-state index in [1.54, 1.807) is 6.08 Å². The fourth-order valence-corrected chi connectivity index (χ4v) is 0.649. The zero-order valence-corrected chi connectivity index (χ0v) is 7.80. The highest BCUT2D eigenvalue weighted by molar-refractivity contribution is 5.05. The second-order valence-electron chi connectivity index (χ2n) is 2.06. The highest BCUT2D eigenvalue weighted by Crippen LogP contribution is 1.92. The molecule has 0 radical (unpaired) electrons. The zero-order valence-electron chi connectivity index (χ0n) is 7.80. The molecule has 0 atom stereocenters. The topological polar surface area (TPSA) is 18.5 Å². The molecule has 0 N–H and O–H groups in total. The van der Waals surface area contributed by atoms with Gasteiger partial charge in [0.25, 0.3) is 0 Å². The third kappa shape index (κ3) is 5.96. The molecular weight excluding hydrogens is 152 g/mol. The summed E-state index contributed by atoms with van der Waals surface area (Å²) >= 11 is 0. The first-order chi connectivity index (χ1) is 5.85. The van der Waals surface area contributed by atoms with Gasteiger partial charge in [-0.15, -0.1) is 6.58 Å². The number of ether oxygens (including phenoxy) is 2. The minimum absolute atomic E-state index is 0.375. The zero-order chi connectivity index (χ0) is 9.23. The van der Waals surface area contributed by atoms with Crippen molar-refractivity contribution in [3.63, 3.8) is 0 Å². The predicted octanol–water partition coefficient (Wildman–Crippen LogP) is 1.96. The van der Waals surface area contributed by atoms with E-state index in [-0.39, 0.29) is 6.29 Å². The van der Waals surface area contributed by atoms with Crippen LogP contribution < -0.4 is 0 Å². The lowest BCUT2D eigenvalue weighted by molar-refractivity contribution is -0.0970. The van der Waals surface area contributed by atoms with Crippen LogP contribution >= 0.6 is 0 Å². The number of hydrogen-bond acceptors (Lipinski definition) is 2. The minimum Gasteiger partial charge on any atom is -0.342 e. The van der Waals surface area contributed by atoms with Crippen molar-refractivity contribution in [2.75, 3.05) is 13.2 Å². The average molecular weight is 168 g/mol. The van der Waals surface area contributed by atoms with Crippen molar-refractivity contribution < 1.29 is 9.47 Å². The summed E-state index contributed by atoms with van der Waals surface area (Å²) in [7, 11) is 0. The lowest BCUT2D eigenvalue weighted by Gasteiger charge is -2.09. The number of hydrogen-bond donors (Lipinski definition) is 0. The summed E-state index contributed by atoms with van der Waals surface area (Å²) in [6.45, 7) is 8.64. The Hall–Kier alpha value is -0.780. The van der Waals surface area contributed by atoms with Crippen LogP contribution in [0.3, 0.4) is 0 Å². The maximum absolute atomic E-state index is 5.20. The van der Waals surface area contributed by atoms with Crippen LogP contribution in [-0.2, 0) is 9.47 Å². The second kappa shape index (κ2) is 8.32. The van der Waals surface area contributed by atoms with E-state index in [1.165, 1.54) is 0 Å². The normalized spacial score (nSPS) is 9.25. The van der Waals surface area contributed by atoms with E-state index in [4.69, 9.17) is 9.47 Å². The Labute approximate surface area is 74.6 Å². The fourth-order valence-electron chi connectivity index (χ4n) is 0.649. The van der Waals surface area contributed by atoms with E-state index in [0.29, 0.717) is 19.6 Å². The molecule has 0 aromatic rings. The third-order valence-electron chi connectivity index (χ3n) is 1.10. The van der Waals surface area contributed by atoms with Gasteiger partial charge in [0.05, 0.1) is 0 Å². The molecule has 0 heterocycles. The van der Waals surface area contributed by atoms with Crippen molar-refractivity contribution in [3.8, 4) is 11.8 Å². The Kier molecular flexibility index (Phi) is 7.78. The molecular formula is C10H16O2. The summed E-state index contributed by atoms with van der Waals surface area (Å²) in [6, 6.07) is 0. The van der Waals surface area contributed by atoms with Crippen LogP contribution in [0, 0.1) is 11.8 Å². The lowest BCUT2D eigenvalue weighted by Crippen LogP contribution is -2.14. The quantitative estimate of drug-likeness (QED) is 0.355. The summed E-state index contributed by atoms with van der Waals surface area (Å²) < 4.78 is 10.4. The van der Waals surface area contributed by atoms with Gasteiger partial charge in [-0.05, 0) is 19.8 Å². The van der Waals surface area contributed by atoms with Crippen molar-refractivity contribution in [2.45, 2.75) is 26.6 Å². The molecule has 0 rings (SSSR count). The third-order valence-corrected chi connectivity index (χ3v) is 1.10. The Morgan fingerprint density at radius 3 is 2.33 bits per heavy atom. The van der Waals surface area contributed by atoms with Gasteiger partial charge < -0.3 is 9.47 Å². The monoisotopic (exact) mass is 168 g/mol. The Morgan fingerprint density at radius 1 is 1.33 bits per heavy atom. The smallest absolute Gasteiger partial charge is 0.222 e. The first-order valence-electron chi connectivity index (χ1n) is 4.17. The van der Waals surface area contributed by atoms with Gasteiger partial charge in [-0.3, -0.25) is 0 Å². The molecule has 0 unspecified atom stereocenters. The summed E-state index contributed by atoms with van der Waals surface area (Å²) in [5.74, 6) is 5.74. The molecule has 68 valence electrons. The molecule has 0 saturated carbocycles. The van der Waals surface area contributed by atoms with Crippen molar-refractivity contribution in [1.82, 2.24) is 0 Å². The molecule has 0 fully saturated rings. The van der Waals surface area contributed by atoms with E-state index in [2.05, 4.69) is 18.4 Å². The molecule has 0 spiro atoms. The largest absolute Gasteiger partial charge is 0.342 e. The molecule has 0 aliphatic rings. The Morgan fingerprint density at radius 2 is 1.92 bits per heavy atom. The first kappa shape index (κ1) is 11.2. The van der Waals surface area contributed by atoms with Gasteiger partial charge in [0, 0.05) is 19.6 Å². The second-order valence-corrected chi connectivity index (χ2v) is 2.06. The SMILES string of the molecule is C=CCC#CC(OCC)OCC. The average Bonchev–Trinajstić information content (AvgIpc) is 2.06. The van der Waals surface area contributed by atoms with E-state index in [1.807, 2.05) is 13.8 Å². The Bertz CT molecular complexity index is 158. The van der Waals surface area contributed by atoms with Crippen LogP contribution in [0.25, 0.3) is 0 Å². The van der Waals surface area contributed by atoms with Crippen LogP contribution in [0.2, 0.25) is 0 Å². The van der Waals surface area contributed by atoms with Crippen molar-refractivity contribution in [2.24, 2.45) is 0 Å². The molecule has 0 aliphatic carbocycles. The highest BCUT2D eigenvalue weighted by atomic mass is 16.7. The number of rotatable bonds is 5. The molecule has 0 aliphatic heterocycles. The van der Waals surface area contributed by atoms with Crippen molar-refractivity contribution in [1.29, 1.82) is 0 Å². The summed E-state index contributed by atoms with van der Waals surface area (Å²) in [5, 5.41) is 0. The van der Waals surface area contributed by atoms with Gasteiger partial charge in [-0.25, -0.2) is 0 Å². The molecule has 0 saturated heterocycles. The fraction of sp³-hybridized carbons (Fsp3) is 0.600. The van der Waals surface area contributed by atoms with E-state index in [9.17, 15) is 0 Å². The maximum Gasteiger partial charge on any atom is 0.222 e. The Balaban J connectivity index is 3.77.